The molecule has 1 saturated heterocycles. The summed E-state index contributed by atoms with van der Waals surface area (Å²) in [6.07, 6.45) is 1.77. The summed E-state index contributed by atoms with van der Waals surface area (Å²) in [5, 5.41) is 0.162. The number of benzene rings is 1. The molecule has 0 saturated carbocycles. The molecule has 116 valence electrons. The minimum atomic E-state index is -3.59. The summed E-state index contributed by atoms with van der Waals surface area (Å²) in [4.78, 5) is 0.318. The van der Waals surface area contributed by atoms with Gasteiger partial charge in [0.05, 0.1) is 5.02 Å². The minimum Gasteiger partial charge on any atom is -0.389 e. The van der Waals surface area contributed by atoms with E-state index in [0.717, 1.165) is 12.8 Å². The molecule has 7 heteroatoms. The quantitative estimate of drug-likeness (QED) is 0.851. The molecule has 1 unspecified atom stereocenters. The molecule has 0 spiro atoms. The van der Waals surface area contributed by atoms with Gasteiger partial charge in [0.1, 0.15) is 9.88 Å². The van der Waals surface area contributed by atoms with E-state index >= 15 is 0 Å². The molecule has 2 rings (SSSR count). The molecule has 1 aliphatic rings. The fourth-order valence-corrected chi connectivity index (χ4v) is 5.19. The van der Waals surface area contributed by atoms with Crippen LogP contribution in [-0.4, -0.2) is 30.3 Å². The number of sulfonamides is 1. The van der Waals surface area contributed by atoms with Crippen molar-refractivity contribution in [1.29, 1.82) is 0 Å². The monoisotopic (exact) mass is 346 g/mol. The van der Waals surface area contributed by atoms with Gasteiger partial charge in [-0.3, -0.25) is 0 Å². The van der Waals surface area contributed by atoms with Gasteiger partial charge in [-0.25, -0.2) is 8.42 Å². The van der Waals surface area contributed by atoms with E-state index in [1.54, 1.807) is 10.4 Å². The number of hydrogen-bond acceptors (Lipinski definition) is 3. The van der Waals surface area contributed by atoms with Crippen LogP contribution in [0.2, 0.25) is 5.02 Å². The van der Waals surface area contributed by atoms with E-state index in [0.29, 0.717) is 12.1 Å². The Morgan fingerprint density at radius 2 is 2.14 bits per heavy atom. The van der Waals surface area contributed by atoms with Crippen LogP contribution in [0.25, 0.3) is 0 Å². The van der Waals surface area contributed by atoms with Crippen molar-refractivity contribution in [3.05, 3.63) is 28.8 Å². The summed E-state index contributed by atoms with van der Waals surface area (Å²) in [5.41, 5.74) is 6.10. The van der Waals surface area contributed by atoms with Crippen LogP contribution in [0.15, 0.2) is 23.1 Å². The fourth-order valence-electron chi connectivity index (χ4n) is 2.72. The smallest absolute Gasteiger partial charge is 0.244 e. The Kier molecular flexibility index (Phi) is 4.92. The molecule has 0 aliphatic carbocycles. The van der Waals surface area contributed by atoms with Crippen molar-refractivity contribution >= 4 is 38.8 Å². The highest BCUT2D eigenvalue weighted by Gasteiger charge is 2.37. The highest BCUT2D eigenvalue weighted by atomic mass is 35.5. The van der Waals surface area contributed by atoms with Crippen molar-refractivity contribution in [3.63, 3.8) is 0 Å². The second kappa shape index (κ2) is 6.20. The van der Waals surface area contributed by atoms with E-state index in [4.69, 9.17) is 29.6 Å². The first kappa shape index (κ1) is 16.7. The molecular formula is C14H19ClN2O2S2. The Hall–Kier alpha value is -0.690. The first-order valence-corrected chi connectivity index (χ1v) is 9.09. The standard InChI is InChI=1S/C14H19ClN2O2S2/c1-9(2)12-4-3-7-17(12)21(18,19)13-6-5-10(14(16)20)8-11(13)15/h5-6,8-9,12H,3-4,7H2,1-2H3,(H2,16,20). The largest absolute Gasteiger partial charge is 0.389 e. The van der Waals surface area contributed by atoms with Gasteiger partial charge in [0, 0.05) is 18.2 Å². The molecule has 21 heavy (non-hydrogen) atoms. The van der Waals surface area contributed by atoms with E-state index in [1.807, 2.05) is 13.8 Å². The first-order valence-electron chi connectivity index (χ1n) is 6.86. The normalized spacial score (nSPS) is 20.1. The van der Waals surface area contributed by atoms with Crippen molar-refractivity contribution < 1.29 is 8.42 Å². The van der Waals surface area contributed by atoms with Crippen LogP contribution >= 0.6 is 23.8 Å². The predicted molar refractivity (Wildman–Crippen MR) is 89.1 cm³/mol. The summed E-state index contributed by atoms with van der Waals surface area (Å²) in [6, 6.07) is 4.63. The second-order valence-electron chi connectivity index (χ2n) is 5.58. The van der Waals surface area contributed by atoms with Gasteiger partial charge >= 0.3 is 0 Å². The van der Waals surface area contributed by atoms with Crippen LogP contribution < -0.4 is 5.73 Å². The van der Waals surface area contributed by atoms with Crippen molar-refractivity contribution in [2.24, 2.45) is 11.7 Å². The molecule has 0 bridgehead atoms. The topological polar surface area (TPSA) is 63.4 Å². The van der Waals surface area contributed by atoms with Gasteiger partial charge in [-0.1, -0.05) is 43.7 Å². The van der Waals surface area contributed by atoms with Crippen molar-refractivity contribution in [3.8, 4) is 0 Å². The molecule has 1 atom stereocenters. The molecule has 1 aliphatic heterocycles. The molecule has 1 fully saturated rings. The lowest BCUT2D eigenvalue weighted by molar-refractivity contribution is 0.316. The summed E-state index contributed by atoms with van der Waals surface area (Å²) in [5.74, 6) is 0.275. The SMILES string of the molecule is CC(C)C1CCCN1S(=O)(=O)c1ccc(C(N)=S)cc1Cl. The van der Waals surface area contributed by atoms with Crippen molar-refractivity contribution in [2.45, 2.75) is 37.6 Å². The minimum absolute atomic E-state index is 0.0290. The first-order chi connectivity index (χ1) is 9.75. The molecule has 1 aromatic rings. The maximum atomic E-state index is 12.8. The van der Waals surface area contributed by atoms with Gasteiger partial charge in [-0.15, -0.1) is 0 Å². The molecule has 2 N–H and O–H groups in total. The van der Waals surface area contributed by atoms with Crippen LogP contribution in [0.3, 0.4) is 0 Å². The maximum Gasteiger partial charge on any atom is 0.244 e. The second-order valence-corrected chi connectivity index (χ2v) is 8.28. The molecule has 0 aromatic heterocycles. The zero-order valence-corrected chi connectivity index (χ0v) is 14.4. The Morgan fingerprint density at radius 3 is 2.67 bits per heavy atom. The Balaban J connectivity index is 2.42. The van der Waals surface area contributed by atoms with Crippen LogP contribution in [0.1, 0.15) is 32.3 Å². The molecule has 4 nitrogen and oxygen atoms in total. The highest BCUT2D eigenvalue weighted by molar-refractivity contribution is 7.89. The number of thiocarbonyl (C=S) groups is 1. The zero-order chi connectivity index (χ0) is 15.8. The summed E-state index contributed by atoms with van der Waals surface area (Å²) in [7, 11) is -3.59. The third kappa shape index (κ3) is 3.23. The maximum absolute atomic E-state index is 12.8. The summed E-state index contributed by atoms with van der Waals surface area (Å²) < 4.78 is 27.2. The van der Waals surface area contributed by atoms with E-state index in [2.05, 4.69) is 0 Å². The van der Waals surface area contributed by atoms with E-state index in [9.17, 15) is 8.42 Å². The summed E-state index contributed by atoms with van der Waals surface area (Å²) in [6.45, 7) is 4.62. The number of rotatable bonds is 4. The van der Waals surface area contributed by atoms with Gasteiger partial charge < -0.3 is 5.73 Å². The third-order valence-electron chi connectivity index (χ3n) is 3.82. The Labute approximate surface area is 136 Å². The molecule has 0 amide bonds. The van der Waals surface area contributed by atoms with Gasteiger partial charge in [0.25, 0.3) is 0 Å². The summed E-state index contributed by atoms with van der Waals surface area (Å²) >= 11 is 11.0. The zero-order valence-electron chi connectivity index (χ0n) is 12.0. The van der Waals surface area contributed by atoms with Gasteiger partial charge in [-0.05, 0) is 30.9 Å². The molecule has 0 radical (unpaired) electrons. The van der Waals surface area contributed by atoms with Crippen LogP contribution in [0, 0.1) is 5.92 Å². The molecule has 1 heterocycles. The number of nitrogens with two attached hydrogens (primary N) is 1. The van der Waals surface area contributed by atoms with Gasteiger partial charge in [0.15, 0.2) is 0 Å². The van der Waals surface area contributed by atoms with Crippen molar-refractivity contribution in [2.75, 3.05) is 6.54 Å². The third-order valence-corrected chi connectivity index (χ3v) is 6.46. The molecular weight excluding hydrogens is 328 g/mol. The van der Waals surface area contributed by atoms with Crippen LogP contribution in [0.4, 0.5) is 0 Å². The lowest BCUT2D eigenvalue weighted by Gasteiger charge is -2.27. The van der Waals surface area contributed by atoms with Crippen molar-refractivity contribution in [1.82, 2.24) is 4.31 Å². The fraction of sp³-hybridized carbons (Fsp3) is 0.500. The van der Waals surface area contributed by atoms with Gasteiger partial charge in [-0.2, -0.15) is 4.31 Å². The number of nitrogens with zero attached hydrogens (tertiary/aromatic N) is 1. The predicted octanol–water partition coefficient (Wildman–Crippen LogP) is 2.78. The van der Waals surface area contributed by atoms with Crippen LogP contribution in [-0.2, 0) is 10.0 Å². The molecule has 1 aromatic carbocycles. The van der Waals surface area contributed by atoms with E-state index in [-0.39, 0.29) is 26.9 Å². The highest BCUT2D eigenvalue weighted by Crippen LogP contribution is 2.33. The van der Waals surface area contributed by atoms with E-state index < -0.39 is 10.0 Å². The van der Waals surface area contributed by atoms with E-state index in [1.165, 1.54) is 12.1 Å². The average Bonchev–Trinajstić information content (AvgIpc) is 2.88. The van der Waals surface area contributed by atoms with Gasteiger partial charge in [0.2, 0.25) is 10.0 Å². The Morgan fingerprint density at radius 1 is 1.48 bits per heavy atom. The lowest BCUT2D eigenvalue weighted by atomic mass is 10.0. The Bertz CT molecular complexity index is 659. The number of hydrogen-bond donors (Lipinski definition) is 1. The average molecular weight is 347 g/mol. The van der Waals surface area contributed by atoms with Crippen LogP contribution in [0.5, 0.6) is 0 Å². The number of halogens is 1. The lowest BCUT2D eigenvalue weighted by Crippen LogP contribution is -2.38.